The van der Waals surface area contributed by atoms with Crippen LogP contribution in [0.3, 0.4) is 0 Å². The number of hydrogen-bond donors (Lipinski definition) is 2. The highest BCUT2D eigenvalue weighted by molar-refractivity contribution is 6.30. The summed E-state index contributed by atoms with van der Waals surface area (Å²) >= 11 is 6.18. The molecule has 20 heavy (non-hydrogen) atoms. The lowest BCUT2D eigenvalue weighted by Gasteiger charge is -2.52. The van der Waals surface area contributed by atoms with Gasteiger partial charge in [0.25, 0.3) is 0 Å². The van der Waals surface area contributed by atoms with Gasteiger partial charge in [-0.15, -0.1) is 0 Å². The number of aliphatic hydroxyl groups excluding tert-OH is 1. The first-order valence-corrected chi connectivity index (χ1v) is 7.82. The van der Waals surface area contributed by atoms with Crippen LogP contribution in [-0.2, 0) is 6.42 Å². The smallest absolute Gasteiger partial charge is 0.0621 e. The largest absolute Gasteiger partial charge is 0.392 e. The number of hydrogen-bond acceptors (Lipinski definition) is 2. The van der Waals surface area contributed by atoms with E-state index in [1.54, 1.807) is 0 Å². The van der Waals surface area contributed by atoms with E-state index in [-0.39, 0.29) is 16.9 Å². The standard InChI is InChI=1S/C17H24ClNO/c1-16(2)9-10-5-6-11(18)7-12(10)15(16)19-13-8-14(20)17(13,3)4/h5-7,13-15,19-20H,8-9H2,1-4H3. The van der Waals surface area contributed by atoms with Gasteiger partial charge in [-0.3, -0.25) is 0 Å². The van der Waals surface area contributed by atoms with Gasteiger partial charge in [0.2, 0.25) is 0 Å². The Morgan fingerprint density at radius 2 is 1.95 bits per heavy atom. The number of halogens is 1. The van der Waals surface area contributed by atoms with Crippen LogP contribution >= 0.6 is 11.6 Å². The van der Waals surface area contributed by atoms with Gasteiger partial charge in [-0.05, 0) is 41.5 Å². The number of fused-ring (bicyclic) bond motifs is 1. The predicted octanol–water partition coefficient (Wildman–Crippen LogP) is 3.71. The molecule has 0 saturated heterocycles. The Hall–Kier alpha value is -0.570. The van der Waals surface area contributed by atoms with E-state index >= 15 is 0 Å². The lowest BCUT2D eigenvalue weighted by Crippen LogP contribution is -2.61. The fraction of sp³-hybridized carbons (Fsp3) is 0.647. The zero-order chi connectivity index (χ0) is 14.7. The molecule has 2 aliphatic carbocycles. The van der Waals surface area contributed by atoms with Crippen LogP contribution in [0.25, 0.3) is 0 Å². The van der Waals surface area contributed by atoms with Crippen LogP contribution in [0, 0.1) is 10.8 Å². The average molecular weight is 294 g/mol. The van der Waals surface area contributed by atoms with Crippen molar-refractivity contribution in [2.75, 3.05) is 0 Å². The second kappa shape index (κ2) is 4.46. The van der Waals surface area contributed by atoms with Gasteiger partial charge in [-0.1, -0.05) is 45.4 Å². The van der Waals surface area contributed by atoms with Crippen molar-refractivity contribution >= 4 is 11.6 Å². The first-order chi connectivity index (χ1) is 9.22. The molecule has 1 fully saturated rings. The molecule has 3 rings (SSSR count). The molecular formula is C17H24ClNO. The molecule has 1 aromatic rings. The molecule has 110 valence electrons. The summed E-state index contributed by atoms with van der Waals surface area (Å²) in [6, 6.07) is 6.92. The molecule has 1 saturated carbocycles. The van der Waals surface area contributed by atoms with Crippen LogP contribution in [0.5, 0.6) is 0 Å². The van der Waals surface area contributed by atoms with E-state index in [0.29, 0.717) is 12.1 Å². The maximum Gasteiger partial charge on any atom is 0.0621 e. The molecule has 2 N–H and O–H groups in total. The summed E-state index contributed by atoms with van der Waals surface area (Å²) in [5.41, 5.74) is 2.87. The van der Waals surface area contributed by atoms with Crippen LogP contribution in [-0.4, -0.2) is 17.3 Å². The first-order valence-electron chi connectivity index (χ1n) is 7.44. The highest BCUT2D eigenvalue weighted by Gasteiger charge is 2.50. The number of rotatable bonds is 2. The molecule has 3 atom stereocenters. The molecule has 0 aromatic heterocycles. The summed E-state index contributed by atoms with van der Waals surface area (Å²) in [7, 11) is 0. The lowest BCUT2D eigenvalue weighted by molar-refractivity contribution is -0.0799. The van der Waals surface area contributed by atoms with Crippen molar-refractivity contribution in [2.45, 2.75) is 58.7 Å². The average Bonchev–Trinajstić information content (AvgIpc) is 2.60. The van der Waals surface area contributed by atoms with E-state index < -0.39 is 0 Å². The van der Waals surface area contributed by atoms with Crippen molar-refractivity contribution in [3.05, 3.63) is 34.3 Å². The Bertz CT molecular complexity index is 538. The fourth-order valence-electron chi connectivity index (χ4n) is 3.71. The summed E-state index contributed by atoms with van der Waals surface area (Å²) in [5.74, 6) is 0. The van der Waals surface area contributed by atoms with Crippen LogP contribution in [0.15, 0.2) is 18.2 Å². The zero-order valence-corrected chi connectivity index (χ0v) is 13.5. The van der Waals surface area contributed by atoms with Crippen molar-refractivity contribution in [3.63, 3.8) is 0 Å². The van der Waals surface area contributed by atoms with E-state index in [1.807, 2.05) is 6.07 Å². The molecule has 2 aliphatic rings. The second-order valence-corrected chi connectivity index (χ2v) is 8.17. The first kappa shape index (κ1) is 14.4. The Balaban J connectivity index is 1.88. The minimum absolute atomic E-state index is 0.0442. The van der Waals surface area contributed by atoms with Gasteiger partial charge in [0.1, 0.15) is 0 Å². The van der Waals surface area contributed by atoms with Crippen molar-refractivity contribution in [3.8, 4) is 0 Å². The van der Waals surface area contributed by atoms with Crippen LogP contribution in [0.4, 0.5) is 0 Å². The van der Waals surface area contributed by atoms with E-state index in [2.05, 4.69) is 45.1 Å². The molecule has 3 heteroatoms. The Morgan fingerprint density at radius 1 is 1.25 bits per heavy atom. The normalized spacial score (nSPS) is 33.6. The van der Waals surface area contributed by atoms with Gasteiger partial charge in [0, 0.05) is 22.5 Å². The number of aliphatic hydroxyl groups is 1. The minimum atomic E-state index is -0.191. The molecule has 1 aromatic carbocycles. The van der Waals surface area contributed by atoms with Crippen molar-refractivity contribution in [1.29, 1.82) is 0 Å². The quantitative estimate of drug-likeness (QED) is 0.871. The lowest BCUT2D eigenvalue weighted by atomic mass is 9.64. The van der Waals surface area contributed by atoms with Crippen LogP contribution in [0.2, 0.25) is 5.02 Å². The second-order valence-electron chi connectivity index (χ2n) is 7.73. The van der Waals surface area contributed by atoms with Gasteiger partial charge < -0.3 is 10.4 Å². The summed E-state index contributed by atoms with van der Waals surface area (Å²) in [6.45, 7) is 8.89. The maximum atomic E-state index is 9.93. The molecule has 0 amide bonds. The third-order valence-electron chi connectivity index (χ3n) is 5.43. The monoisotopic (exact) mass is 293 g/mol. The van der Waals surface area contributed by atoms with Crippen molar-refractivity contribution < 1.29 is 5.11 Å². The highest BCUT2D eigenvalue weighted by Crippen LogP contribution is 2.49. The highest BCUT2D eigenvalue weighted by atomic mass is 35.5. The number of nitrogens with one attached hydrogen (secondary N) is 1. The Labute approximate surface area is 126 Å². The van der Waals surface area contributed by atoms with Gasteiger partial charge in [-0.2, -0.15) is 0 Å². The van der Waals surface area contributed by atoms with Gasteiger partial charge in [0.15, 0.2) is 0 Å². The fourth-order valence-corrected chi connectivity index (χ4v) is 3.89. The molecule has 0 spiro atoms. The third-order valence-corrected chi connectivity index (χ3v) is 5.67. The molecule has 2 nitrogen and oxygen atoms in total. The Kier molecular flexibility index (Phi) is 3.20. The predicted molar refractivity (Wildman–Crippen MR) is 83.0 cm³/mol. The van der Waals surface area contributed by atoms with E-state index in [1.165, 1.54) is 11.1 Å². The van der Waals surface area contributed by atoms with Crippen molar-refractivity contribution in [1.82, 2.24) is 5.32 Å². The van der Waals surface area contributed by atoms with E-state index in [4.69, 9.17) is 11.6 Å². The zero-order valence-electron chi connectivity index (χ0n) is 12.7. The van der Waals surface area contributed by atoms with Crippen molar-refractivity contribution in [2.24, 2.45) is 10.8 Å². The molecule has 0 heterocycles. The van der Waals surface area contributed by atoms with Gasteiger partial charge in [0.05, 0.1) is 6.10 Å². The van der Waals surface area contributed by atoms with Crippen LogP contribution in [0.1, 0.15) is 51.3 Å². The summed E-state index contributed by atoms with van der Waals surface area (Å²) in [6.07, 6.45) is 1.73. The Morgan fingerprint density at radius 3 is 2.55 bits per heavy atom. The topological polar surface area (TPSA) is 32.3 Å². The number of benzene rings is 1. The third kappa shape index (κ3) is 2.09. The molecule has 0 radical (unpaired) electrons. The van der Waals surface area contributed by atoms with Gasteiger partial charge in [-0.25, -0.2) is 0 Å². The maximum absolute atomic E-state index is 9.93. The van der Waals surface area contributed by atoms with E-state index in [9.17, 15) is 5.11 Å². The summed E-state index contributed by atoms with van der Waals surface area (Å²) in [4.78, 5) is 0. The SMILES string of the molecule is CC1(C)Cc2ccc(Cl)cc2C1NC1CC(O)C1(C)C. The molecule has 0 aliphatic heterocycles. The van der Waals surface area contributed by atoms with Crippen LogP contribution < -0.4 is 5.32 Å². The molecule has 3 unspecified atom stereocenters. The minimum Gasteiger partial charge on any atom is -0.392 e. The summed E-state index contributed by atoms with van der Waals surface area (Å²) < 4.78 is 0. The van der Waals surface area contributed by atoms with Gasteiger partial charge >= 0.3 is 0 Å². The molecular weight excluding hydrogens is 270 g/mol. The molecule has 0 bridgehead atoms. The van der Waals surface area contributed by atoms with E-state index in [0.717, 1.165) is 17.9 Å². The summed E-state index contributed by atoms with van der Waals surface area (Å²) in [5, 5.41) is 14.5.